The summed E-state index contributed by atoms with van der Waals surface area (Å²) in [7, 11) is 0. The number of anilines is 1. The Kier molecular flexibility index (Phi) is 5.43. The Morgan fingerprint density at radius 2 is 1.74 bits per heavy atom. The number of nitrogens with zero attached hydrogens (tertiary/aromatic N) is 4. The van der Waals surface area contributed by atoms with Crippen LogP contribution >= 0.6 is 0 Å². The number of piperazine rings is 1. The van der Waals surface area contributed by atoms with Gasteiger partial charge < -0.3 is 19.5 Å². The number of amides is 1. The molecular formula is C19H25N5O3. The fraction of sp³-hybridized carbons (Fsp3) is 0.474. The van der Waals surface area contributed by atoms with Crippen LogP contribution in [-0.2, 0) is 4.74 Å². The second kappa shape index (κ2) is 7.77. The Morgan fingerprint density at radius 3 is 2.33 bits per heavy atom. The van der Waals surface area contributed by atoms with Crippen LogP contribution in [0.3, 0.4) is 0 Å². The molecule has 0 aromatic carbocycles. The van der Waals surface area contributed by atoms with Crippen molar-refractivity contribution in [3.05, 3.63) is 41.0 Å². The Labute approximate surface area is 158 Å². The molecule has 144 valence electrons. The Morgan fingerprint density at radius 1 is 1.11 bits per heavy atom. The highest BCUT2D eigenvalue weighted by Crippen LogP contribution is 2.22. The Hall–Kier alpha value is -2.90. The van der Waals surface area contributed by atoms with Gasteiger partial charge in [-0.25, -0.2) is 14.8 Å². The predicted molar refractivity (Wildman–Crippen MR) is 101 cm³/mol. The fourth-order valence-corrected chi connectivity index (χ4v) is 3.27. The molecule has 0 spiro atoms. The zero-order valence-corrected chi connectivity index (χ0v) is 16.2. The average molecular weight is 371 g/mol. The fourth-order valence-electron chi connectivity index (χ4n) is 3.27. The maximum atomic E-state index is 13.0. The minimum Gasteiger partial charge on any atom is -0.459 e. The molecule has 1 aliphatic rings. The number of aryl methyl sites for hydroxylation is 1. The van der Waals surface area contributed by atoms with E-state index in [0.29, 0.717) is 54.6 Å². The first kappa shape index (κ1) is 18.9. The van der Waals surface area contributed by atoms with Crippen LogP contribution in [-0.4, -0.2) is 64.0 Å². The lowest BCUT2D eigenvalue weighted by Gasteiger charge is -2.34. The molecule has 0 saturated carbocycles. The highest BCUT2D eigenvalue weighted by molar-refractivity contribution is 6.00. The molecule has 1 saturated heterocycles. The summed E-state index contributed by atoms with van der Waals surface area (Å²) < 4.78 is 5.30. The van der Waals surface area contributed by atoms with E-state index in [-0.39, 0.29) is 12.0 Å². The first-order chi connectivity index (χ1) is 12.9. The van der Waals surface area contributed by atoms with Crippen molar-refractivity contribution >= 4 is 17.8 Å². The molecule has 8 nitrogen and oxygen atoms in total. The number of nitrogens with one attached hydrogen (secondary N) is 1. The van der Waals surface area contributed by atoms with Crippen LogP contribution in [0.25, 0.3) is 0 Å². The summed E-state index contributed by atoms with van der Waals surface area (Å²) in [5.74, 6) is 0.171. The molecule has 2 aromatic heterocycles. The summed E-state index contributed by atoms with van der Waals surface area (Å²) >= 11 is 0. The van der Waals surface area contributed by atoms with Gasteiger partial charge in [-0.2, -0.15) is 0 Å². The highest BCUT2D eigenvalue weighted by atomic mass is 16.5. The standard InChI is InChI=1S/C19H25N5O3/c1-12(2)27-18(26)15-13(3)16(22-14(15)4)17(25)23-8-10-24(11-9-23)19-20-6-5-7-21-19/h5-7,12,22H,8-11H2,1-4H3. The van der Waals surface area contributed by atoms with Crippen molar-refractivity contribution in [1.29, 1.82) is 0 Å². The molecule has 8 heteroatoms. The normalized spacial score (nSPS) is 14.6. The Balaban J connectivity index is 1.71. The molecule has 1 fully saturated rings. The van der Waals surface area contributed by atoms with E-state index >= 15 is 0 Å². The van der Waals surface area contributed by atoms with Gasteiger partial charge in [0.2, 0.25) is 5.95 Å². The lowest BCUT2D eigenvalue weighted by molar-refractivity contribution is 0.0376. The van der Waals surface area contributed by atoms with E-state index in [9.17, 15) is 9.59 Å². The average Bonchev–Trinajstić information content (AvgIpc) is 2.95. The first-order valence-corrected chi connectivity index (χ1v) is 9.10. The summed E-state index contributed by atoms with van der Waals surface area (Å²) in [6, 6.07) is 1.78. The number of esters is 1. The quantitative estimate of drug-likeness (QED) is 0.826. The molecular weight excluding hydrogens is 346 g/mol. The molecule has 1 aliphatic heterocycles. The van der Waals surface area contributed by atoms with Crippen LogP contribution in [0.4, 0.5) is 5.95 Å². The lowest BCUT2D eigenvalue weighted by Crippen LogP contribution is -2.49. The van der Waals surface area contributed by atoms with E-state index in [4.69, 9.17) is 4.74 Å². The van der Waals surface area contributed by atoms with Gasteiger partial charge in [0.05, 0.1) is 11.7 Å². The predicted octanol–water partition coefficient (Wildman–Crippen LogP) is 1.95. The molecule has 0 radical (unpaired) electrons. The van der Waals surface area contributed by atoms with Gasteiger partial charge in [-0.1, -0.05) is 0 Å². The van der Waals surface area contributed by atoms with Crippen molar-refractivity contribution in [2.45, 2.75) is 33.8 Å². The van der Waals surface area contributed by atoms with Crippen molar-refractivity contribution < 1.29 is 14.3 Å². The largest absolute Gasteiger partial charge is 0.459 e. The molecule has 3 rings (SSSR count). The number of hydrogen-bond acceptors (Lipinski definition) is 6. The van der Waals surface area contributed by atoms with Crippen molar-refractivity contribution in [3.8, 4) is 0 Å². The molecule has 2 aromatic rings. The molecule has 0 atom stereocenters. The molecule has 0 bridgehead atoms. The molecule has 1 amide bonds. The van der Waals surface area contributed by atoms with E-state index in [1.807, 2.05) is 0 Å². The van der Waals surface area contributed by atoms with Crippen molar-refractivity contribution in [3.63, 3.8) is 0 Å². The van der Waals surface area contributed by atoms with Crippen LogP contribution in [0.2, 0.25) is 0 Å². The SMILES string of the molecule is Cc1[nH]c(C(=O)N2CCN(c3ncccn3)CC2)c(C)c1C(=O)OC(C)C. The van der Waals surface area contributed by atoms with Gasteiger partial charge in [0.1, 0.15) is 5.69 Å². The van der Waals surface area contributed by atoms with E-state index in [1.165, 1.54) is 0 Å². The van der Waals surface area contributed by atoms with Crippen LogP contribution in [0.1, 0.15) is 46.0 Å². The van der Waals surface area contributed by atoms with Gasteiger partial charge in [-0.05, 0) is 39.3 Å². The molecule has 27 heavy (non-hydrogen) atoms. The number of carbonyl (C=O) groups is 2. The number of ether oxygens (including phenoxy) is 1. The first-order valence-electron chi connectivity index (χ1n) is 9.10. The smallest absolute Gasteiger partial charge is 0.340 e. The van der Waals surface area contributed by atoms with Crippen LogP contribution in [0, 0.1) is 13.8 Å². The second-order valence-electron chi connectivity index (χ2n) is 6.91. The van der Waals surface area contributed by atoms with E-state index < -0.39 is 5.97 Å². The third-order valence-electron chi connectivity index (χ3n) is 4.60. The lowest BCUT2D eigenvalue weighted by atomic mass is 10.1. The van der Waals surface area contributed by atoms with Gasteiger partial charge in [-0.15, -0.1) is 0 Å². The third kappa shape index (κ3) is 3.94. The monoisotopic (exact) mass is 371 g/mol. The summed E-state index contributed by atoms with van der Waals surface area (Å²) in [5, 5.41) is 0. The maximum absolute atomic E-state index is 13.0. The summed E-state index contributed by atoms with van der Waals surface area (Å²) in [5.41, 5.74) is 2.19. The second-order valence-corrected chi connectivity index (χ2v) is 6.91. The molecule has 3 heterocycles. The van der Waals surface area contributed by atoms with Crippen molar-refractivity contribution in [2.75, 3.05) is 31.1 Å². The summed E-state index contributed by atoms with van der Waals surface area (Å²) in [6.45, 7) is 9.63. The summed E-state index contributed by atoms with van der Waals surface area (Å²) in [6.07, 6.45) is 3.21. The van der Waals surface area contributed by atoms with Crippen molar-refractivity contribution in [2.24, 2.45) is 0 Å². The number of aromatic nitrogens is 3. The van der Waals surface area contributed by atoms with Gasteiger partial charge in [0, 0.05) is 44.3 Å². The maximum Gasteiger partial charge on any atom is 0.340 e. The number of H-pyrrole nitrogens is 1. The number of hydrogen-bond donors (Lipinski definition) is 1. The minimum atomic E-state index is -0.402. The van der Waals surface area contributed by atoms with Gasteiger partial charge in [0.15, 0.2) is 0 Å². The highest BCUT2D eigenvalue weighted by Gasteiger charge is 2.28. The summed E-state index contributed by atoms with van der Waals surface area (Å²) in [4.78, 5) is 40.7. The van der Waals surface area contributed by atoms with Gasteiger partial charge in [-0.3, -0.25) is 4.79 Å². The molecule has 0 aliphatic carbocycles. The zero-order chi connectivity index (χ0) is 19.6. The number of aromatic amines is 1. The minimum absolute atomic E-state index is 0.104. The van der Waals surface area contributed by atoms with Crippen molar-refractivity contribution in [1.82, 2.24) is 19.9 Å². The van der Waals surface area contributed by atoms with E-state index in [0.717, 1.165) is 0 Å². The molecule has 0 unspecified atom stereocenters. The molecule has 1 N–H and O–H groups in total. The third-order valence-corrected chi connectivity index (χ3v) is 4.60. The van der Waals surface area contributed by atoms with Crippen LogP contribution in [0.5, 0.6) is 0 Å². The zero-order valence-electron chi connectivity index (χ0n) is 16.2. The Bertz CT molecular complexity index is 823. The van der Waals surface area contributed by atoms with E-state index in [2.05, 4.69) is 19.9 Å². The van der Waals surface area contributed by atoms with Gasteiger partial charge in [0.25, 0.3) is 5.91 Å². The topological polar surface area (TPSA) is 91.4 Å². The number of carbonyl (C=O) groups excluding carboxylic acids is 2. The van der Waals surface area contributed by atoms with Crippen LogP contribution < -0.4 is 4.90 Å². The van der Waals surface area contributed by atoms with Crippen LogP contribution in [0.15, 0.2) is 18.5 Å². The van der Waals surface area contributed by atoms with E-state index in [1.54, 1.807) is 51.1 Å². The number of rotatable bonds is 4. The van der Waals surface area contributed by atoms with Gasteiger partial charge >= 0.3 is 5.97 Å².